The molecule has 1 rings (SSSR count). The first-order chi connectivity index (χ1) is 7.47. The molecule has 4 nitrogen and oxygen atoms in total. The van der Waals surface area contributed by atoms with Crippen LogP contribution in [0.2, 0.25) is 0 Å². The lowest BCUT2D eigenvalue weighted by molar-refractivity contribution is 0.227. The van der Waals surface area contributed by atoms with E-state index in [1.54, 1.807) is 0 Å². The van der Waals surface area contributed by atoms with Crippen LogP contribution in [0.4, 0.5) is 0 Å². The van der Waals surface area contributed by atoms with Gasteiger partial charge < -0.3 is 10.2 Å². The van der Waals surface area contributed by atoms with Gasteiger partial charge in [-0.25, -0.2) is 8.42 Å². The van der Waals surface area contributed by atoms with Crippen LogP contribution in [-0.4, -0.2) is 57.5 Å². The summed E-state index contributed by atoms with van der Waals surface area (Å²) in [5.41, 5.74) is 0. The van der Waals surface area contributed by atoms with Gasteiger partial charge >= 0.3 is 0 Å². The summed E-state index contributed by atoms with van der Waals surface area (Å²) in [5.74, 6) is 0.229. The molecule has 1 saturated heterocycles. The summed E-state index contributed by atoms with van der Waals surface area (Å²) in [5, 5.41) is 3.27. The van der Waals surface area contributed by atoms with Gasteiger partial charge in [0.25, 0.3) is 0 Å². The third kappa shape index (κ3) is 6.45. The second-order valence-electron chi connectivity index (χ2n) is 4.85. The molecule has 1 unspecified atom stereocenters. The maximum Gasteiger partial charge on any atom is 0.148 e. The number of likely N-dealkylation sites (tertiary alicyclic amines) is 1. The average molecular weight is 248 g/mol. The molecular formula is C11H24N2O2S. The minimum absolute atomic E-state index is 0.0554. The molecule has 16 heavy (non-hydrogen) atoms. The van der Waals surface area contributed by atoms with Crippen LogP contribution in [0.1, 0.15) is 26.2 Å². The van der Waals surface area contributed by atoms with Crippen molar-refractivity contribution in [2.45, 2.75) is 32.2 Å². The van der Waals surface area contributed by atoms with Crippen LogP contribution in [0.15, 0.2) is 0 Å². The van der Waals surface area contributed by atoms with Crippen molar-refractivity contribution in [1.82, 2.24) is 10.2 Å². The molecule has 0 bridgehead atoms. The van der Waals surface area contributed by atoms with Crippen LogP contribution in [-0.2, 0) is 9.84 Å². The Morgan fingerprint density at radius 3 is 2.44 bits per heavy atom. The second-order valence-corrected chi connectivity index (χ2v) is 7.03. The molecular weight excluding hydrogens is 224 g/mol. The summed E-state index contributed by atoms with van der Waals surface area (Å²) < 4.78 is 22.1. The van der Waals surface area contributed by atoms with Crippen LogP contribution in [0, 0.1) is 0 Å². The van der Waals surface area contributed by atoms with Gasteiger partial charge in [0.05, 0.1) is 5.75 Å². The molecule has 0 spiro atoms. The number of nitrogens with one attached hydrogen (secondary N) is 1. The highest BCUT2D eigenvalue weighted by Crippen LogP contribution is 2.07. The molecule has 1 atom stereocenters. The van der Waals surface area contributed by atoms with E-state index in [0.29, 0.717) is 0 Å². The van der Waals surface area contributed by atoms with Gasteiger partial charge in [-0.05, 0) is 32.9 Å². The molecule has 96 valence electrons. The summed E-state index contributed by atoms with van der Waals surface area (Å²) in [7, 11) is -2.85. The van der Waals surface area contributed by atoms with Crippen LogP contribution in [0.5, 0.6) is 0 Å². The summed E-state index contributed by atoms with van der Waals surface area (Å²) in [6.45, 7) is 6.24. The number of hydrogen-bond acceptors (Lipinski definition) is 4. The predicted octanol–water partition coefficient (Wildman–Crippen LogP) is 0.495. The van der Waals surface area contributed by atoms with E-state index in [1.807, 2.05) is 6.92 Å². The summed E-state index contributed by atoms with van der Waals surface area (Å²) in [6, 6.07) is 0.0554. The molecule has 0 aliphatic carbocycles. The first kappa shape index (κ1) is 13.9. The highest BCUT2D eigenvalue weighted by atomic mass is 32.2. The zero-order chi connectivity index (χ0) is 12.0. The lowest BCUT2D eigenvalue weighted by atomic mass is 10.1. The Labute approximate surface area is 99.3 Å². The van der Waals surface area contributed by atoms with Crippen molar-refractivity contribution < 1.29 is 8.42 Å². The molecule has 0 radical (unpaired) electrons. The average Bonchev–Trinajstić information content (AvgIpc) is 2.16. The fraction of sp³-hybridized carbons (Fsp3) is 1.00. The van der Waals surface area contributed by atoms with Crippen molar-refractivity contribution in [3.8, 4) is 0 Å². The predicted molar refractivity (Wildman–Crippen MR) is 67.5 cm³/mol. The van der Waals surface area contributed by atoms with E-state index in [-0.39, 0.29) is 11.8 Å². The van der Waals surface area contributed by atoms with E-state index in [0.717, 1.165) is 13.1 Å². The van der Waals surface area contributed by atoms with E-state index in [4.69, 9.17) is 0 Å². The Morgan fingerprint density at radius 2 is 1.88 bits per heavy atom. The third-order valence-corrected chi connectivity index (χ3v) is 4.03. The quantitative estimate of drug-likeness (QED) is 0.743. The Bertz CT molecular complexity index is 284. The molecule has 1 aliphatic heterocycles. The van der Waals surface area contributed by atoms with Gasteiger partial charge in [0.1, 0.15) is 9.84 Å². The maximum absolute atomic E-state index is 11.1. The summed E-state index contributed by atoms with van der Waals surface area (Å²) in [6.07, 6.45) is 5.25. The fourth-order valence-electron chi connectivity index (χ4n) is 2.17. The van der Waals surface area contributed by atoms with Gasteiger partial charge in [-0.3, -0.25) is 0 Å². The first-order valence-corrected chi connectivity index (χ1v) is 8.17. The first-order valence-electron chi connectivity index (χ1n) is 6.11. The van der Waals surface area contributed by atoms with Gasteiger partial charge in [0, 0.05) is 25.4 Å². The van der Waals surface area contributed by atoms with Gasteiger partial charge in [-0.15, -0.1) is 0 Å². The molecule has 0 aromatic heterocycles. The number of piperidine rings is 1. The van der Waals surface area contributed by atoms with Crippen molar-refractivity contribution >= 4 is 9.84 Å². The highest BCUT2D eigenvalue weighted by molar-refractivity contribution is 7.90. The van der Waals surface area contributed by atoms with E-state index in [9.17, 15) is 8.42 Å². The van der Waals surface area contributed by atoms with Crippen molar-refractivity contribution in [2.75, 3.05) is 38.2 Å². The minimum atomic E-state index is -2.85. The molecule has 1 heterocycles. The fourth-order valence-corrected chi connectivity index (χ4v) is 3.19. The maximum atomic E-state index is 11.1. The van der Waals surface area contributed by atoms with Crippen molar-refractivity contribution in [1.29, 1.82) is 0 Å². The van der Waals surface area contributed by atoms with Crippen molar-refractivity contribution in [3.05, 3.63) is 0 Å². The number of hydrogen-bond donors (Lipinski definition) is 1. The summed E-state index contributed by atoms with van der Waals surface area (Å²) in [4.78, 5) is 2.45. The Kier molecular flexibility index (Phi) is 5.72. The van der Waals surface area contributed by atoms with E-state index >= 15 is 0 Å². The number of sulfone groups is 1. The van der Waals surface area contributed by atoms with Crippen LogP contribution >= 0.6 is 0 Å². The SMILES string of the molecule is CC(CS(C)(=O)=O)NCCN1CCCCC1. The van der Waals surface area contributed by atoms with Crippen LogP contribution < -0.4 is 5.32 Å². The van der Waals surface area contributed by atoms with Gasteiger partial charge in [-0.1, -0.05) is 6.42 Å². The standard InChI is InChI=1S/C11H24N2O2S/c1-11(10-16(2,14)15)12-6-9-13-7-4-3-5-8-13/h11-12H,3-10H2,1-2H3. The second kappa shape index (κ2) is 6.57. The minimum Gasteiger partial charge on any atom is -0.312 e. The molecule has 0 amide bonds. The number of rotatable bonds is 6. The molecule has 1 N–H and O–H groups in total. The monoisotopic (exact) mass is 248 g/mol. The van der Waals surface area contributed by atoms with Crippen LogP contribution in [0.25, 0.3) is 0 Å². The molecule has 0 aromatic carbocycles. The zero-order valence-electron chi connectivity index (χ0n) is 10.4. The summed E-state index contributed by atoms with van der Waals surface area (Å²) >= 11 is 0. The lowest BCUT2D eigenvalue weighted by Gasteiger charge is -2.27. The lowest BCUT2D eigenvalue weighted by Crippen LogP contribution is -2.40. The van der Waals surface area contributed by atoms with Gasteiger partial charge in [0.15, 0.2) is 0 Å². The zero-order valence-corrected chi connectivity index (χ0v) is 11.2. The Balaban J connectivity index is 2.10. The Hall–Kier alpha value is -0.130. The molecule has 5 heteroatoms. The van der Waals surface area contributed by atoms with Crippen LogP contribution in [0.3, 0.4) is 0 Å². The van der Waals surface area contributed by atoms with E-state index < -0.39 is 9.84 Å². The topological polar surface area (TPSA) is 49.4 Å². The largest absolute Gasteiger partial charge is 0.312 e. The Morgan fingerprint density at radius 1 is 1.25 bits per heavy atom. The van der Waals surface area contributed by atoms with Gasteiger partial charge in [0.2, 0.25) is 0 Å². The van der Waals surface area contributed by atoms with E-state index in [2.05, 4.69) is 10.2 Å². The molecule has 0 aromatic rings. The van der Waals surface area contributed by atoms with Gasteiger partial charge in [-0.2, -0.15) is 0 Å². The molecule has 0 saturated carbocycles. The smallest absolute Gasteiger partial charge is 0.148 e. The molecule has 1 fully saturated rings. The highest BCUT2D eigenvalue weighted by Gasteiger charge is 2.12. The van der Waals surface area contributed by atoms with Crippen molar-refractivity contribution in [3.63, 3.8) is 0 Å². The van der Waals surface area contributed by atoms with E-state index in [1.165, 1.54) is 38.6 Å². The normalized spacial score (nSPS) is 20.9. The van der Waals surface area contributed by atoms with Crippen molar-refractivity contribution in [2.24, 2.45) is 0 Å². The molecule has 1 aliphatic rings. The third-order valence-electron chi connectivity index (χ3n) is 2.92. The number of nitrogens with zero attached hydrogens (tertiary/aromatic N) is 1.